The van der Waals surface area contributed by atoms with E-state index in [1.54, 1.807) is 0 Å². The van der Waals surface area contributed by atoms with Gasteiger partial charge in [0.15, 0.2) is 6.61 Å². The molecule has 0 radical (unpaired) electrons. The fourth-order valence-electron chi connectivity index (χ4n) is 2.72. The van der Waals surface area contributed by atoms with Crippen LogP contribution >= 0.6 is 15.9 Å². The summed E-state index contributed by atoms with van der Waals surface area (Å²) in [5.74, 6) is 0.468. The minimum Gasteiger partial charge on any atom is -0.483 e. The van der Waals surface area contributed by atoms with Crippen LogP contribution in [0, 0.1) is 0 Å². The van der Waals surface area contributed by atoms with E-state index in [1.165, 1.54) is 5.56 Å². The zero-order valence-corrected chi connectivity index (χ0v) is 16.8. The van der Waals surface area contributed by atoms with Crippen LogP contribution in [0.15, 0.2) is 65.1 Å². The van der Waals surface area contributed by atoms with Gasteiger partial charge in [-0.3, -0.25) is 4.79 Å². The SMILES string of the molecule is CC(C)(C)c1ccc(NC(=O)COc2ccc3ccccc3c2Br)cc1. The summed E-state index contributed by atoms with van der Waals surface area (Å²) in [6.45, 7) is 6.44. The standard InChI is InChI=1S/C22H22BrNO2/c1-22(2,3)16-9-11-17(12-10-16)24-20(25)14-26-19-13-8-15-6-4-5-7-18(15)21(19)23/h4-13H,14H2,1-3H3,(H,24,25). The molecule has 0 saturated heterocycles. The molecule has 3 nitrogen and oxygen atoms in total. The van der Waals surface area contributed by atoms with Crippen LogP contribution in [0.4, 0.5) is 5.69 Å². The van der Waals surface area contributed by atoms with Crippen LogP contribution in [0.5, 0.6) is 5.75 Å². The summed E-state index contributed by atoms with van der Waals surface area (Å²) in [6, 6.07) is 19.8. The molecular weight excluding hydrogens is 390 g/mol. The second kappa shape index (κ2) is 7.50. The predicted molar refractivity (Wildman–Crippen MR) is 111 cm³/mol. The highest BCUT2D eigenvalue weighted by molar-refractivity contribution is 9.10. The van der Waals surface area contributed by atoms with Gasteiger partial charge in [-0.25, -0.2) is 0 Å². The smallest absolute Gasteiger partial charge is 0.262 e. The molecule has 0 aromatic heterocycles. The Balaban J connectivity index is 1.63. The number of benzene rings is 3. The number of halogens is 1. The molecule has 0 aliphatic carbocycles. The summed E-state index contributed by atoms with van der Waals surface area (Å²) >= 11 is 3.57. The van der Waals surface area contributed by atoms with Crippen molar-refractivity contribution in [3.05, 3.63) is 70.7 Å². The Bertz CT molecular complexity index is 927. The summed E-state index contributed by atoms with van der Waals surface area (Å²) < 4.78 is 6.56. The van der Waals surface area contributed by atoms with Crippen molar-refractivity contribution in [2.75, 3.05) is 11.9 Å². The molecule has 0 aliphatic heterocycles. The molecule has 3 aromatic rings. The second-order valence-corrected chi connectivity index (χ2v) is 8.06. The number of carbonyl (C=O) groups excluding carboxylic acids is 1. The third-order valence-corrected chi connectivity index (χ3v) is 5.04. The molecule has 1 amide bonds. The number of ether oxygens (including phenoxy) is 1. The lowest BCUT2D eigenvalue weighted by Gasteiger charge is -2.19. The van der Waals surface area contributed by atoms with Crippen molar-refractivity contribution < 1.29 is 9.53 Å². The first-order valence-electron chi connectivity index (χ1n) is 8.55. The van der Waals surface area contributed by atoms with Crippen molar-refractivity contribution in [3.63, 3.8) is 0 Å². The molecule has 1 N–H and O–H groups in total. The minimum absolute atomic E-state index is 0.0437. The first-order valence-corrected chi connectivity index (χ1v) is 9.34. The van der Waals surface area contributed by atoms with E-state index >= 15 is 0 Å². The number of carbonyl (C=O) groups is 1. The van der Waals surface area contributed by atoms with Crippen LogP contribution in [0.25, 0.3) is 10.8 Å². The van der Waals surface area contributed by atoms with E-state index in [9.17, 15) is 4.79 Å². The normalized spacial score (nSPS) is 11.4. The van der Waals surface area contributed by atoms with Crippen LogP contribution in [0.2, 0.25) is 0 Å². The second-order valence-electron chi connectivity index (χ2n) is 7.26. The van der Waals surface area contributed by atoms with Gasteiger partial charge in [0, 0.05) is 5.69 Å². The molecule has 0 unspecified atom stereocenters. The highest BCUT2D eigenvalue weighted by Gasteiger charge is 2.13. The van der Waals surface area contributed by atoms with Gasteiger partial charge >= 0.3 is 0 Å². The highest BCUT2D eigenvalue weighted by atomic mass is 79.9. The molecule has 3 aromatic carbocycles. The fourth-order valence-corrected chi connectivity index (χ4v) is 3.33. The Morgan fingerprint density at radius 1 is 1.00 bits per heavy atom. The lowest BCUT2D eigenvalue weighted by atomic mass is 9.87. The number of nitrogens with one attached hydrogen (secondary N) is 1. The maximum Gasteiger partial charge on any atom is 0.262 e. The minimum atomic E-state index is -0.187. The van der Waals surface area contributed by atoms with Crippen LogP contribution < -0.4 is 10.1 Å². The molecule has 0 spiro atoms. The number of fused-ring (bicyclic) bond motifs is 1. The van der Waals surface area contributed by atoms with Gasteiger partial charge in [0.05, 0.1) is 4.47 Å². The third-order valence-electron chi connectivity index (χ3n) is 4.22. The van der Waals surface area contributed by atoms with E-state index in [0.717, 1.165) is 20.9 Å². The van der Waals surface area contributed by atoms with Crippen molar-refractivity contribution in [1.29, 1.82) is 0 Å². The average Bonchev–Trinajstić information content (AvgIpc) is 2.61. The first-order chi connectivity index (χ1) is 12.3. The summed E-state index contributed by atoms with van der Waals surface area (Å²) in [4.78, 5) is 12.2. The molecule has 3 rings (SSSR count). The molecule has 0 aliphatic rings. The number of hydrogen-bond acceptors (Lipinski definition) is 2. The van der Waals surface area contributed by atoms with Gasteiger partial charge in [-0.15, -0.1) is 0 Å². The van der Waals surface area contributed by atoms with Crippen molar-refractivity contribution in [2.24, 2.45) is 0 Å². The topological polar surface area (TPSA) is 38.3 Å². The van der Waals surface area contributed by atoms with Gasteiger partial charge in [-0.1, -0.05) is 63.2 Å². The lowest BCUT2D eigenvalue weighted by Crippen LogP contribution is -2.20. The van der Waals surface area contributed by atoms with Crippen LogP contribution in [0.3, 0.4) is 0 Å². The maximum absolute atomic E-state index is 12.2. The zero-order chi connectivity index (χ0) is 18.7. The zero-order valence-electron chi connectivity index (χ0n) is 15.2. The molecule has 26 heavy (non-hydrogen) atoms. The first kappa shape index (κ1) is 18.5. The largest absolute Gasteiger partial charge is 0.483 e. The molecule has 0 bridgehead atoms. The fraction of sp³-hybridized carbons (Fsp3) is 0.227. The van der Waals surface area contributed by atoms with Crippen LogP contribution in [-0.2, 0) is 10.2 Å². The van der Waals surface area contributed by atoms with Gasteiger partial charge < -0.3 is 10.1 Å². The summed E-state index contributed by atoms with van der Waals surface area (Å²) in [7, 11) is 0. The number of rotatable bonds is 4. The summed E-state index contributed by atoms with van der Waals surface area (Å²) in [6.07, 6.45) is 0. The number of anilines is 1. The summed E-state index contributed by atoms with van der Waals surface area (Å²) in [5.41, 5.74) is 2.09. The molecule has 0 atom stereocenters. The number of hydrogen-bond donors (Lipinski definition) is 1. The van der Waals surface area contributed by atoms with Crippen LogP contribution in [-0.4, -0.2) is 12.5 Å². The maximum atomic E-state index is 12.2. The van der Waals surface area contributed by atoms with Crippen molar-refractivity contribution in [3.8, 4) is 5.75 Å². The Kier molecular flexibility index (Phi) is 5.33. The molecular formula is C22H22BrNO2. The average molecular weight is 412 g/mol. The van der Waals surface area contributed by atoms with E-state index in [4.69, 9.17) is 4.74 Å². The highest BCUT2D eigenvalue weighted by Crippen LogP contribution is 2.33. The van der Waals surface area contributed by atoms with Gasteiger partial charge in [-0.2, -0.15) is 0 Å². The Morgan fingerprint density at radius 3 is 2.38 bits per heavy atom. The molecule has 0 heterocycles. The van der Waals surface area contributed by atoms with Crippen molar-refractivity contribution >= 4 is 38.3 Å². The van der Waals surface area contributed by atoms with Gasteiger partial charge in [0.2, 0.25) is 0 Å². The van der Waals surface area contributed by atoms with Crippen molar-refractivity contribution in [2.45, 2.75) is 26.2 Å². The van der Waals surface area contributed by atoms with Gasteiger partial charge in [0.25, 0.3) is 5.91 Å². The molecule has 134 valence electrons. The Labute approximate surface area is 162 Å². The van der Waals surface area contributed by atoms with Gasteiger partial charge in [-0.05, 0) is 55.9 Å². The summed E-state index contributed by atoms with van der Waals surface area (Å²) in [5, 5.41) is 5.05. The Morgan fingerprint density at radius 2 is 1.69 bits per heavy atom. The monoisotopic (exact) mass is 411 g/mol. The van der Waals surface area contributed by atoms with E-state index in [2.05, 4.69) is 42.0 Å². The molecule has 0 fully saturated rings. The van der Waals surface area contributed by atoms with E-state index in [-0.39, 0.29) is 17.9 Å². The quantitative estimate of drug-likeness (QED) is 0.578. The predicted octanol–water partition coefficient (Wildman–Crippen LogP) is 5.92. The van der Waals surface area contributed by atoms with Crippen molar-refractivity contribution in [1.82, 2.24) is 0 Å². The Hall–Kier alpha value is -2.33. The van der Waals surface area contributed by atoms with Crippen LogP contribution in [0.1, 0.15) is 26.3 Å². The molecule has 0 saturated carbocycles. The van der Waals surface area contributed by atoms with E-state index < -0.39 is 0 Å². The lowest BCUT2D eigenvalue weighted by molar-refractivity contribution is -0.118. The number of amides is 1. The van der Waals surface area contributed by atoms with E-state index in [1.807, 2.05) is 60.7 Å². The van der Waals surface area contributed by atoms with Gasteiger partial charge in [0.1, 0.15) is 5.75 Å². The van der Waals surface area contributed by atoms with E-state index in [0.29, 0.717) is 5.75 Å². The third kappa shape index (κ3) is 4.25. The molecule has 4 heteroatoms.